The summed E-state index contributed by atoms with van der Waals surface area (Å²) < 4.78 is 0. The third kappa shape index (κ3) is 5.24. The lowest BCUT2D eigenvalue weighted by atomic mass is 10.2. The van der Waals surface area contributed by atoms with Gasteiger partial charge in [0.1, 0.15) is 0 Å². The van der Waals surface area contributed by atoms with Crippen molar-refractivity contribution in [3.63, 3.8) is 0 Å². The van der Waals surface area contributed by atoms with E-state index >= 15 is 0 Å². The van der Waals surface area contributed by atoms with E-state index in [1.165, 1.54) is 0 Å². The SMILES string of the molecule is CN(CCCC(=O)O)c1ccc(Cl)cc1.Cl. The molecule has 0 spiro atoms. The van der Waals surface area contributed by atoms with Gasteiger partial charge < -0.3 is 10.0 Å². The fraction of sp³-hybridized carbons (Fsp3) is 0.364. The molecule has 1 aromatic carbocycles. The third-order valence-corrected chi connectivity index (χ3v) is 2.40. The lowest BCUT2D eigenvalue weighted by Gasteiger charge is -2.18. The number of carbonyl (C=O) groups is 1. The minimum absolute atomic E-state index is 0. The molecule has 0 aromatic heterocycles. The fourth-order valence-electron chi connectivity index (χ4n) is 1.29. The van der Waals surface area contributed by atoms with Gasteiger partial charge in [0.15, 0.2) is 0 Å². The van der Waals surface area contributed by atoms with Crippen LogP contribution in [0, 0.1) is 0 Å². The van der Waals surface area contributed by atoms with Crippen LogP contribution in [-0.2, 0) is 4.79 Å². The van der Waals surface area contributed by atoms with Crippen LogP contribution in [-0.4, -0.2) is 24.7 Å². The van der Waals surface area contributed by atoms with Gasteiger partial charge in [-0.2, -0.15) is 0 Å². The number of anilines is 1. The molecule has 0 saturated heterocycles. The van der Waals surface area contributed by atoms with Crippen molar-refractivity contribution in [2.75, 3.05) is 18.5 Å². The Kier molecular flexibility index (Phi) is 6.93. The molecule has 0 fully saturated rings. The van der Waals surface area contributed by atoms with Crippen molar-refractivity contribution in [3.8, 4) is 0 Å². The van der Waals surface area contributed by atoms with Crippen molar-refractivity contribution in [2.45, 2.75) is 12.8 Å². The molecule has 0 aliphatic rings. The van der Waals surface area contributed by atoms with Crippen LogP contribution in [0.5, 0.6) is 0 Å². The maximum Gasteiger partial charge on any atom is 0.303 e. The molecule has 5 heteroatoms. The zero-order valence-corrected chi connectivity index (χ0v) is 10.6. The van der Waals surface area contributed by atoms with E-state index in [4.69, 9.17) is 16.7 Å². The highest BCUT2D eigenvalue weighted by atomic mass is 35.5. The predicted molar refractivity (Wildman–Crippen MR) is 68.8 cm³/mol. The monoisotopic (exact) mass is 263 g/mol. The van der Waals surface area contributed by atoms with Gasteiger partial charge in [0.2, 0.25) is 0 Å². The Bertz CT molecular complexity index is 327. The molecule has 0 aliphatic heterocycles. The molecule has 0 amide bonds. The third-order valence-electron chi connectivity index (χ3n) is 2.15. The molecule has 0 saturated carbocycles. The second kappa shape index (κ2) is 7.36. The molecule has 1 aromatic rings. The summed E-state index contributed by atoms with van der Waals surface area (Å²) in [5.41, 5.74) is 1.05. The Labute approximate surface area is 106 Å². The largest absolute Gasteiger partial charge is 0.481 e. The van der Waals surface area contributed by atoms with Gasteiger partial charge in [-0.3, -0.25) is 4.79 Å². The Morgan fingerprint density at radius 2 is 1.94 bits per heavy atom. The van der Waals surface area contributed by atoms with Crippen LogP contribution in [0.15, 0.2) is 24.3 Å². The number of hydrogen-bond donors (Lipinski definition) is 1. The molecule has 90 valence electrons. The first-order valence-electron chi connectivity index (χ1n) is 4.78. The zero-order valence-electron chi connectivity index (χ0n) is 9.02. The van der Waals surface area contributed by atoms with Gasteiger partial charge in [-0.05, 0) is 30.7 Å². The number of hydrogen-bond acceptors (Lipinski definition) is 2. The molecule has 0 heterocycles. The lowest BCUT2D eigenvalue weighted by Crippen LogP contribution is -2.19. The second-order valence-corrected chi connectivity index (χ2v) is 3.83. The molecule has 0 atom stereocenters. The summed E-state index contributed by atoms with van der Waals surface area (Å²) in [6.45, 7) is 0.730. The summed E-state index contributed by atoms with van der Waals surface area (Å²) in [5, 5.41) is 9.20. The molecule has 0 aliphatic carbocycles. The Morgan fingerprint density at radius 3 is 2.44 bits per heavy atom. The minimum atomic E-state index is -0.750. The van der Waals surface area contributed by atoms with E-state index in [2.05, 4.69) is 0 Å². The number of rotatable bonds is 5. The van der Waals surface area contributed by atoms with Gasteiger partial charge in [0.05, 0.1) is 0 Å². The highest BCUT2D eigenvalue weighted by Crippen LogP contribution is 2.16. The number of carboxylic acid groups (broad SMARTS) is 1. The van der Waals surface area contributed by atoms with Crippen LogP contribution in [0.1, 0.15) is 12.8 Å². The molecular formula is C11H15Cl2NO2. The Balaban J connectivity index is 0.00000225. The summed E-state index contributed by atoms with van der Waals surface area (Å²) in [6.07, 6.45) is 0.854. The summed E-state index contributed by atoms with van der Waals surface area (Å²) in [5.74, 6) is -0.750. The molecule has 3 nitrogen and oxygen atoms in total. The van der Waals surface area contributed by atoms with Gasteiger partial charge in [-0.15, -0.1) is 12.4 Å². The summed E-state index contributed by atoms with van der Waals surface area (Å²) in [6, 6.07) is 7.49. The van der Waals surface area contributed by atoms with E-state index < -0.39 is 5.97 Å². The van der Waals surface area contributed by atoms with Gasteiger partial charge in [-0.1, -0.05) is 11.6 Å². The van der Waals surface area contributed by atoms with E-state index in [9.17, 15) is 4.79 Å². The smallest absolute Gasteiger partial charge is 0.303 e. The van der Waals surface area contributed by atoms with Gasteiger partial charge >= 0.3 is 5.97 Å². The molecular weight excluding hydrogens is 249 g/mol. The average Bonchev–Trinajstić information content (AvgIpc) is 2.18. The highest BCUT2D eigenvalue weighted by molar-refractivity contribution is 6.30. The van der Waals surface area contributed by atoms with Gasteiger partial charge in [0.25, 0.3) is 0 Å². The fourth-order valence-corrected chi connectivity index (χ4v) is 1.42. The van der Waals surface area contributed by atoms with E-state index in [0.29, 0.717) is 11.4 Å². The minimum Gasteiger partial charge on any atom is -0.481 e. The van der Waals surface area contributed by atoms with Crippen LogP contribution in [0.3, 0.4) is 0 Å². The molecule has 1 rings (SSSR count). The Morgan fingerprint density at radius 1 is 1.38 bits per heavy atom. The second-order valence-electron chi connectivity index (χ2n) is 3.40. The van der Waals surface area contributed by atoms with Gasteiger partial charge in [0, 0.05) is 30.7 Å². The van der Waals surface area contributed by atoms with Crippen molar-refractivity contribution in [1.82, 2.24) is 0 Å². The van der Waals surface area contributed by atoms with Crippen molar-refractivity contribution in [2.24, 2.45) is 0 Å². The summed E-state index contributed by atoms with van der Waals surface area (Å²) in [7, 11) is 1.94. The average molecular weight is 264 g/mol. The van der Waals surface area contributed by atoms with Crippen LogP contribution in [0.4, 0.5) is 5.69 Å². The topological polar surface area (TPSA) is 40.5 Å². The molecule has 16 heavy (non-hydrogen) atoms. The quantitative estimate of drug-likeness (QED) is 0.888. The summed E-state index contributed by atoms with van der Waals surface area (Å²) >= 11 is 5.77. The molecule has 0 radical (unpaired) electrons. The van der Waals surface area contributed by atoms with Gasteiger partial charge in [-0.25, -0.2) is 0 Å². The van der Waals surface area contributed by atoms with E-state index in [1.807, 2.05) is 36.2 Å². The van der Waals surface area contributed by atoms with Crippen molar-refractivity contribution in [3.05, 3.63) is 29.3 Å². The first-order valence-corrected chi connectivity index (χ1v) is 5.16. The number of aliphatic carboxylic acids is 1. The van der Waals surface area contributed by atoms with E-state index in [-0.39, 0.29) is 18.8 Å². The normalized spacial score (nSPS) is 9.38. The van der Waals surface area contributed by atoms with E-state index in [0.717, 1.165) is 12.2 Å². The summed E-state index contributed by atoms with van der Waals surface area (Å²) in [4.78, 5) is 12.3. The zero-order chi connectivity index (χ0) is 11.3. The van der Waals surface area contributed by atoms with Crippen molar-refractivity contribution in [1.29, 1.82) is 0 Å². The van der Waals surface area contributed by atoms with Crippen molar-refractivity contribution >= 4 is 35.7 Å². The van der Waals surface area contributed by atoms with Crippen LogP contribution >= 0.6 is 24.0 Å². The van der Waals surface area contributed by atoms with E-state index in [1.54, 1.807) is 0 Å². The van der Waals surface area contributed by atoms with Crippen LogP contribution < -0.4 is 4.90 Å². The standard InChI is InChI=1S/C11H14ClNO2.ClH/c1-13(8-2-3-11(14)15)10-6-4-9(12)5-7-10;/h4-7H,2-3,8H2,1H3,(H,14,15);1H. The number of nitrogens with zero attached hydrogens (tertiary/aromatic N) is 1. The first kappa shape index (κ1) is 15.1. The Hall–Kier alpha value is -0.930. The van der Waals surface area contributed by atoms with Crippen molar-refractivity contribution < 1.29 is 9.90 Å². The number of carboxylic acids is 1. The highest BCUT2D eigenvalue weighted by Gasteiger charge is 2.02. The maximum absolute atomic E-state index is 10.3. The molecule has 0 bridgehead atoms. The number of benzene rings is 1. The molecule has 0 unspecified atom stereocenters. The number of halogens is 2. The maximum atomic E-state index is 10.3. The lowest BCUT2D eigenvalue weighted by molar-refractivity contribution is -0.137. The van der Waals surface area contributed by atoms with Crippen LogP contribution in [0.2, 0.25) is 5.02 Å². The predicted octanol–water partition coefficient (Wildman–Crippen LogP) is 3.06. The first-order chi connectivity index (χ1) is 7.09. The van der Waals surface area contributed by atoms with Crippen LogP contribution in [0.25, 0.3) is 0 Å². The molecule has 1 N–H and O–H groups in total.